The van der Waals surface area contributed by atoms with Gasteiger partial charge in [-0.25, -0.2) is 9.97 Å². The Labute approximate surface area is 141 Å². The molecule has 0 aromatic carbocycles. The van der Waals surface area contributed by atoms with Crippen LogP contribution in [0.3, 0.4) is 0 Å². The minimum atomic E-state index is -0.157. The average Bonchev–Trinajstić information content (AvgIpc) is 3.37. The van der Waals surface area contributed by atoms with Crippen molar-refractivity contribution in [1.82, 2.24) is 19.8 Å². The maximum Gasteiger partial charge on any atom is 0.228 e. The lowest BCUT2D eigenvalue weighted by Gasteiger charge is -2.35. The SMILES string of the molecule is O=C1C[C@H](C(=O)N2CCN(c3ncccn3)CC2)CN1CC1CC1. The van der Waals surface area contributed by atoms with E-state index in [4.69, 9.17) is 0 Å². The Morgan fingerprint density at radius 1 is 1.12 bits per heavy atom. The molecule has 2 aliphatic heterocycles. The van der Waals surface area contributed by atoms with E-state index < -0.39 is 0 Å². The van der Waals surface area contributed by atoms with Crippen LogP contribution in [0.5, 0.6) is 0 Å². The molecular formula is C17H23N5O2. The maximum absolute atomic E-state index is 12.7. The monoisotopic (exact) mass is 329 g/mol. The molecule has 1 atom stereocenters. The van der Waals surface area contributed by atoms with Gasteiger partial charge in [0.05, 0.1) is 5.92 Å². The molecule has 128 valence electrons. The lowest BCUT2D eigenvalue weighted by Crippen LogP contribution is -2.51. The minimum Gasteiger partial charge on any atom is -0.342 e. The Morgan fingerprint density at radius 2 is 1.83 bits per heavy atom. The van der Waals surface area contributed by atoms with Crippen LogP contribution in [0.15, 0.2) is 18.5 Å². The molecule has 7 nitrogen and oxygen atoms in total. The maximum atomic E-state index is 12.7. The number of rotatable bonds is 4. The van der Waals surface area contributed by atoms with Gasteiger partial charge < -0.3 is 14.7 Å². The largest absolute Gasteiger partial charge is 0.342 e. The third kappa shape index (κ3) is 3.20. The van der Waals surface area contributed by atoms with Crippen LogP contribution in [-0.4, -0.2) is 70.9 Å². The molecular weight excluding hydrogens is 306 g/mol. The zero-order valence-corrected chi connectivity index (χ0v) is 13.8. The molecule has 1 aliphatic carbocycles. The summed E-state index contributed by atoms with van der Waals surface area (Å²) in [6.07, 6.45) is 6.31. The summed E-state index contributed by atoms with van der Waals surface area (Å²) in [5.74, 6) is 1.52. The van der Waals surface area contributed by atoms with Gasteiger partial charge in [0, 0.05) is 58.1 Å². The molecule has 0 unspecified atom stereocenters. The van der Waals surface area contributed by atoms with Crippen LogP contribution in [0.2, 0.25) is 0 Å². The predicted octanol–water partition coefficient (Wildman–Crippen LogP) is 0.384. The Balaban J connectivity index is 1.31. The first-order valence-corrected chi connectivity index (χ1v) is 8.79. The zero-order valence-electron chi connectivity index (χ0n) is 13.8. The van der Waals surface area contributed by atoms with Crippen LogP contribution in [-0.2, 0) is 9.59 Å². The number of carbonyl (C=O) groups excluding carboxylic acids is 2. The number of aromatic nitrogens is 2. The normalized spacial score (nSPS) is 24.6. The molecule has 1 aromatic heterocycles. The van der Waals surface area contributed by atoms with Crippen molar-refractivity contribution in [3.63, 3.8) is 0 Å². The summed E-state index contributed by atoms with van der Waals surface area (Å²) in [6, 6.07) is 1.80. The first kappa shape index (κ1) is 15.4. The lowest BCUT2D eigenvalue weighted by atomic mass is 10.1. The first-order chi connectivity index (χ1) is 11.7. The smallest absolute Gasteiger partial charge is 0.228 e. The molecule has 0 N–H and O–H groups in total. The van der Waals surface area contributed by atoms with Gasteiger partial charge in [0.25, 0.3) is 0 Å². The van der Waals surface area contributed by atoms with Crippen LogP contribution < -0.4 is 4.90 Å². The Kier molecular flexibility index (Phi) is 4.08. The third-order valence-corrected chi connectivity index (χ3v) is 5.17. The molecule has 7 heteroatoms. The van der Waals surface area contributed by atoms with E-state index in [2.05, 4.69) is 14.9 Å². The minimum absolute atomic E-state index is 0.135. The number of hydrogen-bond donors (Lipinski definition) is 0. The summed E-state index contributed by atoms with van der Waals surface area (Å²) in [7, 11) is 0. The fraction of sp³-hybridized carbons (Fsp3) is 0.647. The molecule has 3 heterocycles. The Hall–Kier alpha value is -2.18. The van der Waals surface area contributed by atoms with Crippen LogP contribution >= 0.6 is 0 Å². The van der Waals surface area contributed by atoms with Gasteiger partial charge in [0.2, 0.25) is 17.8 Å². The van der Waals surface area contributed by atoms with Gasteiger partial charge in [-0.05, 0) is 24.8 Å². The van der Waals surface area contributed by atoms with Crippen molar-refractivity contribution < 1.29 is 9.59 Å². The second kappa shape index (κ2) is 6.37. The van der Waals surface area contributed by atoms with E-state index in [-0.39, 0.29) is 17.7 Å². The molecule has 2 amide bonds. The van der Waals surface area contributed by atoms with Crippen molar-refractivity contribution in [3.8, 4) is 0 Å². The molecule has 0 spiro atoms. The summed E-state index contributed by atoms with van der Waals surface area (Å²) in [6.45, 7) is 4.27. The van der Waals surface area contributed by atoms with Gasteiger partial charge in [-0.3, -0.25) is 9.59 Å². The van der Waals surface area contributed by atoms with Gasteiger partial charge >= 0.3 is 0 Å². The molecule has 0 radical (unpaired) electrons. The van der Waals surface area contributed by atoms with E-state index in [1.165, 1.54) is 12.8 Å². The summed E-state index contributed by atoms with van der Waals surface area (Å²) in [5.41, 5.74) is 0. The van der Waals surface area contributed by atoms with Gasteiger partial charge in [0.15, 0.2) is 0 Å². The molecule has 1 aromatic rings. The Bertz CT molecular complexity index is 611. The van der Waals surface area contributed by atoms with Gasteiger partial charge in [-0.2, -0.15) is 0 Å². The summed E-state index contributed by atoms with van der Waals surface area (Å²) in [4.78, 5) is 39.3. The number of carbonyl (C=O) groups is 2. The van der Waals surface area contributed by atoms with E-state index in [1.54, 1.807) is 18.5 Å². The summed E-state index contributed by atoms with van der Waals surface area (Å²) in [5, 5.41) is 0. The van der Waals surface area contributed by atoms with Crippen molar-refractivity contribution >= 4 is 17.8 Å². The molecule has 24 heavy (non-hydrogen) atoms. The number of likely N-dealkylation sites (tertiary alicyclic amines) is 1. The van der Waals surface area contributed by atoms with E-state index in [0.29, 0.717) is 32.0 Å². The third-order valence-electron chi connectivity index (χ3n) is 5.17. The van der Waals surface area contributed by atoms with Crippen LogP contribution in [0.1, 0.15) is 19.3 Å². The average molecular weight is 329 g/mol. The van der Waals surface area contributed by atoms with E-state index >= 15 is 0 Å². The lowest BCUT2D eigenvalue weighted by molar-refractivity contribution is -0.136. The van der Waals surface area contributed by atoms with Crippen molar-refractivity contribution in [1.29, 1.82) is 0 Å². The molecule has 3 fully saturated rings. The van der Waals surface area contributed by atoms with Crippen molar-refractivity contribution in [2.75, 3.05) is 44.2 Å². The second-order valence-electron chi connectivity index (χ2n) is 7.00. The Morgan fingerprint density at radius 3 is 2.50 bits per heavy atom. The van der Waals surface area contributed by atoms with Crippen LogP contribution in [0.4, 0.5) is 5.95 Å². The molecule has 2 saturated heterocycles. The highest BCUT2D eigenvalue weighted by atomic mass is 16.2. The van der Waals surface area contributed by atoms with Crippen LogP contribution in [0, 0.1) is 11.8 Å². The fourth-order valence-electron chi connectivity index (χ4n) is 3.57. The number of amides is 2. The van der Waals surface area contributed by atoms with E-state index in [9.17, 15) is 9.59 Å². The standard InChI is InChI=1S/C17H23N5O2/c23-15-10-14(12-22(15)11-13-2-3-13)16(24)20-6-8-21(9-7-20)17-18-4-1-5-19-17/h1,4-5,13-14H,2-3,6-12H2/t14-/m0/s1. The second-order valence-corrected chi connectivity index (χ2v) is 7.00. The topological polar surface area (TPSA) is 69.6 Å². The van der Waals surface area contributed by atoms with Crippen molar-refractivity contribution in [3.05, 3.63) is 18.5 Å². The molecule has 4 rings (SSSR count). The van der Waals surface area contributed by atoms with E-state index in [0.717, 1.165) is 25.6 Å². The van der Waals surface area contributed by atoms with Crippen LogP contribution in [0.25, 0.3) is 0 Å². The number of nitrogens with zero attached hydrogens (tertiary/aromatic N) is 5. The predicted molar refractivity (Wildman–Crippen MR) is 88.2 cm³/mol. The quantitative estimate of drug-likeness (QED) is 0.799. The highest BCUT2D eigenvalue weighted by molar-refractivity contribution is 5.89. The molecule has 0 bridgehead atoms. The van der Waals surface area contributed by atoms with Crippen molar-refractivity contribution in [2.24, 2.45) is 11.8 Å². The summed E-state index contributed by atoms with van der Waals surface area (Å²) < 4.78 is 0. The highest BCUT2D eigenvalue weighted by Gasteiger charge is 2.39. The molecule has 1 saturated carbocycles. The van der Waals surface area contributed by atoms with E-state index in [1.807, 2.05) is 9.80 Å². The number of piperazine rings is 1. The number of hydrogen-bond acceptors (Lipinski definition) is 5. The molecule has 3 aliphatic rings. The number of anilines is 1. The zero-order chi connectivity index (χ0) is 16.5. The van der Waals surface area contributed by atoms with Gasteiger partial charge in [0.1, 0.15) is 0 Å². The summed E-state index contributed by atoms with van der Waals surface area (Å²) >= 11 is 0. The fourth-order valence-corrected chi connectivity index (χ4v) is 3.57. The van der Waals surface area contributed by atoms with Crippen molar-refractivity contribution in [2.45, 2.75) is 19.3 Å². The first-order valence-electron chi connectivity index (χ1n) is 8.79. The highest BCUT2D eigenvalue weighted by Crippen LogP contribution is 2.32. The van der Waals surface area contributed by atoms with Gasteiger partial charge in [-0.1, -0.05) is 0 Å². The van der Waals surface area contributed by atoms with Gasteiger partial charge in [-0.15, -0.1) is 0 Å².